The molecule has 22 heavy (non-hydrogen) atoms. The molecule has 3 heteroatoms. The molecular formula is C19H18N2O. The van der Waals surface area contributed by atoms with E-state index in [2.05, 4.69) is 42.0 Å². The number of nitrogens with zero attached hydrogens (tertiary/aromatic N) is 2. The normalized spacial score (nSPS) is 10.5. The molecule has 0 N–H and O–H groups in total. The fourth-order valence-electron chi connectivity index (χ4n) is 2.24. The van der Waals surface area contributed by atoms with E-state index in [-0.39, 0.29) is 0 Å². The second kappa shape index (κ2) is 6.39. The van der Waals surface area contributed by atoms with Crippen molar-refractivity contribution in [1.82, 2.24) is 9.97 Å². The molecule has 3 rings (SSSR count). The van der Waals surface area contributed by atoms with Gasteiger partial charge in [0.05, 0.1) is 0 Å². The minimum atomic E-state index is 0.484. The molecule has 3 nitrogen and oxygen atoms in total. The molecule has 0 unspecified atom stereocenters. The third-order valence-electron chi connectivity index (χ3n) is 3.66. The zero-order chi connectivity index (χ0) is 15.4. The van der Waals surface area contributed by atoms with Crippen molar-refractivity contribution in [1.29, 1.82) is 0 Å². The van der Waals surface area contributed by atoms with Crippen molar-refractivity contribution in [2.24, 2.45) is 0 Å². The third-order valence-corrected chi connectivity index (χ3v) is 3.66. The summed E-state index contributed by atoms with van der Waals surface area (Å²) < 4.78 is 5.87. The molecule has 1 heterocycles. The third kappa shape index (κ3) is 3.14. The predicted molar refractivity (Wildman–Crippen MR) is 87.7 cm³/mol. The van der Waals surface area contributed by atoms with Crippen LogP contribution in [0.3, 0.4) is 0 Å². The van der Waals surface area contributed by atoms with Crippen LogP contribution in [0.4, 0.5) is 0 Å². The average Bonchev–Trinajstić information content (AvgIpc) is 2.57. The lowest BCUT2D eigenvalue weighted by Crippen LogP contribution is -2.00. The second-order valence-corrected chi connectivity index (χ2v) is 5.28. The van der Waals surface area contributed by atoms with Crippen LogP contribution in [0.25, 0.3) is 11.3 Å². The molecule has 110 valence electrons. The number of aryl methyl sites for hydroxylation is 2. The summed E-state index contributed by atoms with van der Waals surface area (Å²) in [6, 6.07) is 16.3. The van der Waals surface area contributed by atoms with Crippen LogP contribution in [0.1, 0.15) is 16.7 Å². The van der Waals surface area contributed by atoms with E-state index < -0.39 is 0 Å². The Bertz CT molecular complexity index is 769. The van der Waals surface area contributed by atoms with Crippen LogP contribution in [0.5, 0.6) is 5.88 Å². The lowest BCUT2D eigenvalue weighted by Gasteiger charge is -2.10. The van der Waals surface area contributed by atoms with E-state index in [9.17, 15) is 0 Å². The van der Waals surface area contributed by atoms with Gasteiger partial charge in [0.15, 0.2) is 0 Å². The summed E-state index contributed by atoms with van der Waals surface area (Å²) in [5.41, 5.74) is 5.41. The van der Waals surface area contributed by atoms with Crippen molar-refractivity contribution >= 4 is 0 Å². The van der Waals surface area contributed by atoms with Crippen LogP contribution in [0.15, 0.2) is 60.9 Å². The molecule has 1 aromatic heterocycles. The Morgan fingerprint density at radius 2 is 1.64 bits per heavy atom. The van der Waals surface area contributed by atoms with Crippen LogP contribution in [-0.4, -0.2) is 9.97 Å². The molecular weight excluding hydrogens is 272 g/mol. The smallest absolute Gasteiger partial charge is 0.240 e. The minimum Gasteiger partial charge on any atom is -0.471 e. The minimum absolute atomic E-state index is 0.484. The molecule has 0 amide bonds. The Labute approximate surface area is 130 Å². The van der Waals surface area contributed by atoms with E-state index in [0.29, 0.717) is 12.5 Å². The van der Waals surface area contributed by atoms with Gasteiger partial charge in [0.2, 0.25) is 5.88 Å². The molecule has 0 radical (unpaired) electrons. The highest BCUT2D eigenvalue weighted by molar-refractivity contribution is 5.65. The Kier molecular flexibility index (Phi) is 4.15. The Morgan fingerprint density at radius 3 is 2.41 bits per heavy atom. The fraction of sp³-hybridized carbons (Fsp3) is 0.158. The van der Waals surface area contributed by atoms with E-state index in [1.54, 1.807) is 12.4 Å². The first-order valence-corrected chi connectivity index (χ1v) is 7.29. The molecule has 0 bridgehead atoms. The molecule has 0 saturated heterocycles. The maximum atomic E-state index is 5.87. The van der Waals surface area contributed by atoms with Crippen LogP contribution in [0, 0.1) is 13.8 Å². The molecule has 0 atom stereocenters. The summed E-state index contributed by atoms with van der Waals surface area (Å²) >= 11 is 0. The highest BCUT2D eigenvalue weighted by Crippen LogP contribution is 2.27. The van der Waals surface area contributed by atoms with Gasteiger partial charge in [-0.15, -0.1) is 0 Å². The van der Waals surface area contributed by atoms with Crippen LogP contribution in [-0.2, 0) is 6.61 Å². The molecule has 2 aromatic carbocycles. The second-order valence-electron chi connectivity index (χ2n) is 5.28. The first kappa shape index (κ1) is 14.3. The van der Waals surface area contributed by atoms with E-state index in [1.165, 1.54) is 11.1 Å². The molecule has 0 fully saturated rings. The largest absolute Gasteiger partial charge is 0.471 e. The van der Waals surface area contributed by atoms with Gasteiger partial charge >= 0.3 is 0 Å². The quantitative estimate of drug-likeness (QED) is 0.717. The first-order valence-electron chi connectivity index (χ1n) is 7.29. The maximum Gasteiger partial charge on any atom is 0.240 e. The Hall–Kier alpha value is -2.68. The standard InChI is InChI=1S/C19H18N2O/c1-14-8-9-17(12-15(14)2)18-19(21-11-10-20-18)22-13-16-6-4-3-5-7-16/h3-12H,13H2,1-2H3. The van der Waals surface area contributed by atoms with Crippen molar-refractivity contribution in [2.75, 3.05) is 0 Å². The molecule has 0 spiro atoms. The van der Waals surface area contributed by atoms with Crippen molar-refractivity contribution in [3.8, 4) is 17.1 Å². The number of hydrogen-bond acceptors (Lipinski definition) is 3. The summed E-state index contributed by atoms with van der Waals surface area (Å²) in [7, 11) is 0. The van der Waals surface area contributed by atoms with Gasteiger partial charge < -0.3 is 4.74 Å². The average molecular weight is 290 g/mol. The number of aromatic nitrogens is 2. The van der Waals surface area contributed by atoms with Crippen molar-refractivity contribution in [3.63, 3.8) is 0 Å². The zero-order valence-electron chi connectivity index (χ0n) is 12.8. The SMILES string of the molecule is Cc1ccc(-c2nccnc2OCc2ccccc2)cc1C. The summed E-state index contributed by atoms with van der Waals surface area (Å²) in [6.45, 7) is 4.68. The van der Waals surface area contributed by atoms with E-state index in [4.69, 9.17) is 4.74 Å². The first-order chi connectivity index (χ1) is 10.7. The summed E-state index contributed by atoms with van der Waals surface area (Å²) in [5.74, 6) is 0.564. The maximum absolute atomic E-state index is 5.87. The molecule has 0 aliphatic heterocycles. The number of benzene rings is 2. The van der Waals surface area contributed by atoms with Gasteiger partial charge in [0, 0.05) is 18.0 Å². The van der Waals surface area contributed by atoms with Crippen LogP contribution >= 0.6 is 0 Å². The summed E-state index contributed by atoms with van der Waals surface area (Å²) in [4.78, 5) is 8.78. The van der Waals surface area contributed by atoms with Crippen molar-refractivity contribution in [2.45, 2.75) is 20.5 Å². The van der Waals surface area contributed by atoms with Gasteiger partial charge in [-0.1, -0.05) is 42.5 Å². The van der Waals surface area contributed by atoms with Gasteiger partial charge in [0.1, 0.15) is 12.3 Å². The van der Waals surface area contributed by atoms with E-state index >= 15 is 0 Å². The van der Waals surface area contributed by atoms with Gasteiger partial charge in [-0.2, -0.15) is 0 Å². The van der Waals surface area contributed by atoms with Crippen LogP contribution < -0.4 is 4.74 Å². The van der Waals surface area contributed by atoms with Gasteiger partial charge in [-0.05, 0) is 36.6 Å². The number of ether oxygens (including phenoxy) is 1. The number of hydrogen-bond donors (Lipinski definition) is 0. The summed E-state index contributed by atoms with van der Waals surface area (Å²) in [5, 5.41) is 0. The highest BCUT2D eigenvalue weighted by Gasteiger charge is 2.10. The molecule has 3 aromatic rings. The molecule has 0 aliphatic carbocycles. The van der Waals surface area contributed by atoms with Crippen molar-refractivity contribution < 1.29 is 4.74 Å². The molecule has 0 aliphatic rings. The van der Waals surface area contributed by atoms with E-state index in [0.717, 1.165) is 16.8 Å². The van der Waals surface area contributed by atoms with Crippen molar-refractivity contribution in [3.05, 3.63) is 77.6 Å². The monoisotopic (exact) mass is 290 g/mol. The Morgan fingerprint density at radius 1 is 0.864 bits per heavy atom. The predicted octanol–water partition coefficient (Wildman–Crippen LogP) is 4.34. The fourth-order valence-corrected chi connectivity index (χ4v) is 2.24. The molecule has 0 saturated carbocycles. The van der Waals surface area contributed by atoms with Gasteiger partial charge in [-0.3, -0.25) is 0 Å². The Balaban J connectivity index is 1.88. The summed E-state index contributed by atoms with van der Waals surface area (Å²) in [6.07, 6.45) is 3.35. The highest BCUT2D eigenvalue weighted by atomic mass is 16.5. The van der Waals surface area contributed by atoms with E-state index in [1.807, 2.05) is 30.3 Å². The van der Waals surface area contributed by atoms with Gasteiger partial charge in [0.25, 0.3) is 0 Å². The van der Waals surface area contributed by atoms with Crippen LogP contribution in [0.2, 0.25) is 0 Å². The number of rotatable bonds is 4. The zero-order valence-corrected chi connectivity index (χ0v) is 12.8. The lowest BCUT2D eigenvalue weighted by molar-refractivity contribution is 0.294. The topological polar surface area (TPSA) is 35.0 Å². The lowest BCUT2D eigenvalue weighted by atomic mass is 10.0. The van der Waals surface area contributed by atoms with Gasteiger partial charge in [-0.25, -0.2) is 9.97 Å².